The largest absolute Gasteiger partial charge is 0.398 e. The number of hydrogen-bond acceptors (Lipinski definition) is 3. The van der Waals surface area contributed by atoms with Crippen molar-refractivity contribution >= 4 is 43.2 Å². The molecule has 0 amide bonds. The van der Waals surface area contributed by atoms with Crippen LogP contribution < -0.4 is 5.73 Å². The number of nitrogen functional groups attached to an aromatic ring is 1. The molecule has 0 aliphatic carbocycles. The molecular weight excluding hydrogens is 352 g/mol. The summed E-state index contributed by atoms with van der Waals surface area (Å²) in [6.45, 7) is 6.08. The Kier molecular flexibility index (Phi) is 5.67. The summed E-state index contributed by atoms with van der Waals surface area (Å²) in [6, 6.07) is 2.81. The van der Waals surface area contributed by atoms with Gasteiger partial charge in [-0.3, -0.25) is 0 Å². The Bertz CT molecular complexity index is 561. The van der Waals surface area contributed by atoms with E-state index in [2.05, 4.69) is 15.9 Å². The van der Waals surface area contributed by atoms with Crippen LogP contribution in [0.25, 0.3) is 0 Å². The van der Waals surface area contributed by atoms with Crippen molar-refractivity contribution in [3.8, 4) is 0 Å². The molecule has 2 N–H and O–H groups in total. The molecule has 0 bridgehead atoms. The number of halogens is 2. The molecule has 7 heteroatoms. The fraction of sp³-hybridized carbons (Fsp3) is 0.500. The third-order valence-electron chi connectivity index (χ3n) is 2.64. The average molecular weight is 370 g/mol. The van der Waals surface area contributed by atoms with Crippen LogP contribution in [0, 0.1) is 0 Å². The van der Waals surface area contributed by atoms with E-state index in [4.69, 9.17) is 17.3 Å². The van der Waals surface area contributed by atoms with Crippen LogP contribution in [-0.4, -0.2) is 25.3 Å². The zero-order valence-corrected chi connectivity index (χ0v) is 14.3. The van der Waals surface area contributed by atoms with Crippen molar-refractivity contribution in [3.05, 3.63) is 21.6 Å². The molecule has 1 aromatic carbocycles. The average Bonchev–Trinajstić information content (AvgIpc) is 2.29. The highest BCUT2D eigenvalue weighted by Crippen LogP contribution is 2.33. The Morgan fingerprint density at radius 3 is 2.47 bits per heavy atom. The SMILES string of the molecule is CCCN(C(C)C)S(=O)(=O)c1cc(Cl)cc(N)c1Br. The molecule has 0 saturated carbocycles. The van der Waals surface area contributed by atoms with Gasteiger partial charge in [0.2, 0.25) is 10.0 Å². The highest BCUT2D eigenvalue weighted by Gasteiger charge is 2.29. The predicted octanol–water partition coefficient (Wildman–Crippen LogP) is 3.49. The number of hydrogen-bond donors (Lipinski definition) is 1. The number of nitrogens with zero attached hydrogens (tertiary/aromatic N) is 1. The van der Waals surface area contributed by atoms with Gasteiger partial charge in [-0.2, -0.15) is 4.31 Å². The van der Waals surface area contributed by atoms with E-state index in [0.29, 0.717) is 21.7 Å². The zero-order chi connectivity index (χ0) is 14.8. The van der Waals surface area contributed by atoms with E-state index in [1.807, 2.05) is 20.8 Å². The van der Waals surface area contributed by atoms with Crippen LogP contribution in [0.4, 0.5) is 5.69 Å². The van der Waals surface area contributed by atoms with Crippen molar-refractivity contribution in [3.63, 3.8) is 0 Å². The normalized spacial score (nSPS) is 12.4. The first kappa shape index (κ1) is 16.8. The van der Waals surface area contributed by atoms with Gasteiger partial charge in [-0.25, -0.2) is 8.42 Å². The molecule has 0 unspecified atom stereocenters. The van der Waals surface area contributed by atoms with Gasteiger partial charge in [-0.15, -0.1) is 0 Å². The molecule has 0 aliphatic rings. The quantitative estimate of drug-likeness (QED) is 0.808. The number of nitrogens with two attached hydrogens (primary N) is 1. The topological polar surface area (TPSA) is 63.4 Å². The maximum Gasteiger partial charge on any atom is 0.244 e. The number of rotatable bonds is 5. The predicted molar refractivity (Wildman–Crippen MR) is 82.9 cm³/mol. The number of sulfonamides is 1. The number of benzene rings is 1. The van der Waals surface area contributed by atoms with Gasteiger partial charge in [-0.1, -0.05) is 18.5 Å². The van der Waals surface area contributed by atoms with Crippen LogP contribution in [0.2, 0.25) is 5.02 Å². The van der Waals surface area contributed by atoms with Crippen LogP contribution in [0.15, 0.2) is 21.5 Å². The molecule has 4 nitrogen and oxygen atoms in total. The molecule has 1 rings (SSSR count). The zero-order valence-electron chi connectivity index (χ0n) is 11.2. The Hall–Kier alpha value is -0.300. The van der Waals surface area contributed by atoms with Gasteiger partial charge in [0.1, 0.15) is 0 Å². The monoisotopic (exact) mass is 368 g/mol. The van der Waals surface area contributed by atoms with E-state index < -0.39 is 10.0 Å². The van der Waals surface area contributed by atoms with Crippen molar-refractivity contribution in [2.45, 2.75) is 38.1 Å². The second kappa shape index (κ2) is 6.43. The summed E-state index contributed by atoms with van der Waals surface area (Å²) >= 11 is 9.13. The van der Waals surface area contributed by atoms with Crippen molar-refractivity contribution in [1.29, 1.82) is 0 Å². The summed E-state index contributed by atoms with van der Waals surface area (Å²) in [5.41, 5.74) is 6.07. The maximum atomic E-state index is 12.7. The van der Waals surface area contributed by atoms with Crippen molar-refractivity contribution in [2.24, 2.45) is 0 Å². The smallest absolute Gasteiger partial charge is 0.244 e. The Balaban J connectivity index is 3.41. The lowest BCUT2D eigenvalue weighted by Crippen LogP contribution is -2.37. The van der Waals surface area contributed by atoms with Crippen LogP contribution >= 0.6 is 27.5 Å². The van der Waals surface area contributed by atoms with Crippen LogP contribution in [-0.2, 0) is 10.0 Å². The lowest BCUT2D eigenvalue weighted by atomic mass is 10.3. The third-order valence-corrected chi connectivity index (χ3v) is 6.10. The molecule has 19 heavy (non-hydrogen) atoms. The lowest BCUT2D eigenvalue weighted by molar-refractivity contribution is 0.354. The molecule has 0 radical (unpaired) electrons. The molecule has 0 saturated heterocycles. The van der Waals surface area contributed by atoms with Gasteiger partial charge < -0.3 is 5.73 Å². The van der Waals surface area contributed by atoms with Gasteiger partial charge in [0.05, 0.1) is 9.37 Å². The highest BCUT2D eigenvalue weighted by atomic mass is 79.9. The van der Waals surface area contributed by atoms with Crippen LogP contribution in [0.1, 0.15) is 27.2 Å². The summed E-state index contributed by atoms with van der Waals surface area (Å²) in [6.07, 6.45) is 0.741. The summed E-state index contributed by atoms with van der Waals surface area (Å²) < 4.78 is 27.1. The standard InChI is InChI=1S/C12H18BrClN2O2S/c1-4-5-16(8(2)3)19(17,18)11-7-9(14)6-10(15)12(11)13/h6-8H,4-5,15H2,1-3H3. The Morgan fingerprint density at radius 2 is 2.00 bits per heavy atom. The first-order chi connectivity index (χ1) is 8.71. The summed E-state index contributed by atoms with van der Waals surface area (Å²) in [5.74, 6) is 0. The van der Waals surface area contributed by atoms with Crippen molar-refractivity contribution < 1.29 is 8.42 Å². The number of anilines is 1. The minimum absolute atomic E-state index is 0.111. The van der Waals surface area contributed by atoms with E-state index >= 15 is 0 Å². The molecule has 0 spiro atoms. The van der Waals surface area contributed by atoms with E-state index in [1.54, 1.807) is 0 Å². The summed E-state index contributed by atoms with van der Waals surface area (Å²) in [5, 5.41) is 0.305. The summed E-state index contributed by atoms with van der Waals surface area (Å²) in [7, 11) is -3.62. The summed E-state index contributed by atoms with van der Waals surface area (Å²) in [4.78, 5) is 0.111. The molecule has 108 valence electrons. The van der Waals surface area contributed by atoms with Gasteiger partial charge >= 0.3 is 0 Å². The van der Waals surface area contributed by atoms with Crippen molar-refractivity contribution in [1.82, 2.24) is 4.31 Å². The van der Waals surface area contributed by atoms with Crippen molar-refractivity contribution in [2.75, 3.05) is 12.3 Å². The molecule has 0 fully saturated rings. The molecule has 1 aromatic rings. The van der Waals surface area contributed by atoms with E-state index in [-0.39, 0.29) is 10.9 Å². The first-order valence-corrected chi connectivity index (χ1v) is 8.59. The fourth-order valence-electron chi connectivity index (χ4n) is 1.77. The molecule has 0 heterocycles. The molecule has 0 aromatic heterocycles. The highest BCUT2D eigenvalue weighted by molar-refractivity contribution is 9.10. The van der Waals surface area contributed by atoms with Crippen LogP contribution in [0.5, 0.6) is 0 Å². The van der Waals surface area contributed by atoms with Gasteiger partial charge in [0.25, 0.3) is 0 Å². The van der Waals surface area contributed by atoms with E-state index in [9.17, 15) is 8.42 Å². The first-order valence-electron chi connectivity index (χ1n) is 5.98. The Labute approximate surface area is 128 Å². The Morgan fingerprint density at radius 1 is 1.42 bits per heavy atom. The van der Waals surface area contributed by atoms with E-state index in [1.165, 1.54) is 16.4 Å². The minimum atomic E-state index is -3.62. The third kappa shape index (κ3) is 3.62. The fourth-order valence-corrected chi connectivity index (χ4v) is 4.76. The van der Waals surface area contributed by atoms with E-state index in [0.717, 1.165) is 6.42 Å². The van der Waals surface area contributed by atoms with Gasteiger partial charge in [0, 0.05) is 23.3 Å². The van der Waals surface area contributed by atoms with Crippen LogP contribution in [0.3, 0.4) is 0 Å². The van der Waals surface area contributed by atoms with Gasteiger partial charge in [0.15, 0.2) is 0 Å². The second-order valence-electron chi connectivity index (χ2n) is 4.52. The molecule has 0 atom stereocenters. The minimum Gasteiger partial charge on any atom is -0.398 e. The molecule has 0 aliphatic heterocycles. The van der Waals surface area contributed by atoms with Gasteiger partial charge in [-0.05, 0) is 48.3 Å². The molecular formula is C12H18BrClN2O2S. The second-order valence-corrected chi connectivity index (χ2v) is 7.61. The maximum absolute atomic E-state index is 12.7. The lowest BCUT2D eigenvalue weighted by Gasteiger charge is -2.26.